The molecule has 2 rings (SSSR count). The van der Waals surface area contributed by atoms with Crippen LogP contribution in [-0.2, 0) is 5.88 Å². The van der Waals surface area contributed by atoms with E-state index in [2.05, 4.69) is 0 Å². The zero-order chi connectivity index (χ0) is 13.1. The molecule has 0 fully saturated rings. The summed E-state index contributed by atoms with van der Waals surface area (Å²) >= 11 is 11.5. The first-order valence-electron chi connectivity index (χ1n) is 5.38. The fraction of sp³-hybridized carbons (Fsp3) is 0.143. The number of alkyl halides is 1. The van der Waals surface area contributed by atoms with E-state index in [9.17, 15) is 4.39 Å². The Morgan fingerprint density at radius 3 is 2.61 bits per heavy atom. The lowest BCUT2D eigenvalue weighted by Gasteiger charge is -2.10. The minimum atomic E-state index is -0.463. The molecular formula is C14H11Cl2FO. The molecule has 0 bridgehead atoms. The Kier molecular flexibility index (Phi) is 4.10. The maximum Gasteiger partial charge on any atom is 0.142 e. The molecule has 0 N–H and O–H groups in total. The summed E-state index contributed by atoms with van der Waals surface area (Å²) in [5.74, 6) is 1.14. The van der Waals surface area contributed by atoms with Crippen molar-refractivity contribution in [3.63, 3.8) is 0 Å². The summed E-state index contributed by atoms with van der Waals surface area (Å²) in [5.41, 5.74) is 1.94. The number of ether oxygens (including phenoxy) is 1. The molecule has 0 aliphatic carbocycles. The van der Waals surface area contributed by atoms with Crippen molar-refractivity contribution in [1.82, 2.24) is 0 Å². The molecular weight excluding hydrogens is 274 g/mol. The highest BCUT2D eigenvalue weighted by molar-refractivity contribution is 6.30. The van der Waals surface area contributed by atoms with Crippen LogP contribution in [0.2, 0.25) is 5.02 Å². The Morgan fingerprint density at radius 1 is 1.17 bits per heavy atom. The molecule has 0 heterocycles. The number of hydrogen-bond donors (Lipinski definition) is 0. The van der Waals surface area contributed by atoms with Crippen LogP contribution in [-0.4, -0.2) is 0 Å². The van der Waals surface area contributed by atoms with E-state index in [1.807, 2.05) is 25.1 Å². The second kappa shape index (κ2) is 5.59. The standard InChI is InChI=1S/C14H11Cl2FO/c1-9-2-3-10(8-15)6-14(9)18-11-4-5-13(17)12(16)7-11/h2-7H,8H2,1H3. The van der Waals surface area contributed by atoms with Crippen molar-refractivity contribution >= 4 is 23.2 Å². The molecule has 0 saturated carbocycles. The Hall–Kier alpha value is -1.25. The summed E-state index contributed by atoms with van der Waals surface area (Å²) in [5, 5.41) is 0.0404. The van der Waals surface area contributed by atoms with Crippen LogP contribution in [0, 0.1) is 12.7 Å². The lowest BCUT2D eigenvalue weighted by Crippen LogP contribution is -1.90. The van der Waals surface area contributed by atoms with Crippen LogP contribution in [0.4, 0.5) is 4.39 Å². The van der Waals surface area contributed by atoms with Crippen LogP contribution in [0.1, 0.15) is 11.1 Å². The van der Waals surface area contributed by atoms with E-state index in [0.29, 0.717) is 17.4 Å². The molecule has 0 aliphatic rings. The molecule has 0 aliphatic heterocycles. The molecule has 94 valence electrons. The van der Waals surface area contributed by atoms with Crippen LogP contribution >= 0.6 is 23.2 Å². The molecule has 4 heteroatoms. The summed E-state index contributed by atoms with van der Waals surface area (Å²) < 4.78 is 18.7. The van der Waals surface area contributed by atoms with Crippen LogP contribution in [0.15, 0.2) is 36.4 Å². The SMILES string of the molecule is Cc1ccc(CCl)cc1Oc1ccc(F)c(Cl)c1. The predicted molar refractivity (Wildman–Crippen MR) is 72.2 cm³/mol. The zero-order valence-electron chi connectivity index (χ0n) is 9.71. The van der Waals surface area contributed by atoms with Gasteiger partial charge < -0.3 is 4.74 Å². The number of aryl methyl sites for hydroxylation is 1. The van der Waals surface area contributed by atoms with Gasteiger partial charge in [-0.05, 0) is 36.2 Å². The van der Waals surface area contributed by atoms with Gasteiger partial charge >= 0.3 is 0 Å². The third kappa shape index (κ3) is 2.95. The van der Waals surface area contributed by atoms with E-state index in [1.165, 1.54) is 18.2 Å². The lowest BCUT2D eigenvalue weighted by molar-refractivity contribution is 0.476. The molecule has 0 saturated heterocycles. The zero-order valence-corrected chi connectivity index (χ0v) is 11.2. The van der Waals surface area contributed by atoms with Crippen molar-refractivity contribution in [2.75, 3.05) is 0 Å². The fourth-order valence-electron chi connectivity index (χ4n) is 1.50. The highest BCUT2D eigenvalue weighted by Crippen LogP contribution is 2.29. The summed E-state index contributed by atoms with van der Waals surface area (Å²) in [6, 6.07) is 9.99. The van der Waals surface area contributed by atoms with Gasteiger partial charge in [0.1, 0.15) is 17.3 Å². The van der Waals surface area contributed by atoms with Gasteiger partial charge in [0.05, 0.1) is 5.02 Å². The van der Waals surface area contributed by atoms with Gasteiger partial charge in [-0.1, -0.05) is 23.7 Å². The van der Waals surface area contributed by atoms with Crippen LogP contribution in [0.25, 0.3) is 0 Å². The fourth-order valence-corrected chi connectivity index (χ4v) is 1.84. The topological polar surface area (TPSA) is 9.23 Å². The van der Waals surface area contributed by atoms with E-state index in [0.717, 1.165) is 11.1 Å². The molecule has 0 unspecified atom stereocenters. The maximum absolute atomic E-state index is 13.0. The molecule has 18 heavy (non-hydrogen) atoms. The Morgan fingerprint density at radius 2 is 1.94 bits per heavy atom. The number of benzene rings is 2. The first-order valence-corrected chi connectivity index (χ1v) is 6.30. The maximum atomic E-state index is 13.0. The van der Waals surface area contributed by atoms with Crippen molar-refractivity contribution < 1.29 is 9.13 Å². The van der Waals surface area contributed by atoms with E-state index < -0.39 is 5.82 Å². The Labute approximate surface area is 115 Å². The molecule has 0 atom stereocenters. The predicted octanol–water partition coefficient (Wildman–Crippen LogP) is 5.32. The van der Waals surface area contributed by atoms with Gasteiger partial charge in [-0.3, -0.25) is 0 Å². The molecule has 1 nitrogen and oxygen atoms in total. The van der Waals surface area contributed by atoms with Gasteiger partial charge in [-0.25, -0.2) is 4.39 Å². The van der Waals surface area contributed by atoms with Crippen LogP contribution in [0.5, 0.6) is 11.5 Å². The Balaban J connectivity index is 2.30. The van der Waals surface area contributed by atoms with Crippen LogP contribution < -0.4 is 4.74 Å². The summed E-state index contributed by atoms with van der Waals surface area (Å²) in [6.07, 6.45) is 0. The van der Waals surface area contributed by atoms with Crippen molar-refractivity contribution in [2.24, 2.45) is 0 Å². The van der Waals surface area contributed by atoms with Crippen molar-refractivity contribution in [3.05, 3.63) is 58.4 Å². The van der Waals surface area contributed by atoms with E-state index >= 15 is 0 Å². The quantitative estimate of drug-likeness (QED) is 0.693. The van der Waals surface area contributed by atoms with Crippen molar-refractivity contribution in [1.29, 1.82) is 0 Å². The second-order valence-corrected chi connectivity index (χ2v) is 4.59. The third-order valence-corrected chi connectivity index (χ3v) is 3.12. The van der Waals surface area contributed by atoms with E-state index in [4.69, 9.17) is 27.9 Å². The van der Waals surface area contributed by atoms with Gasteiger partial charge in [0.25, 0.3) is 0 Å². The molecule has 0 spiro atoms. The number of halogens is 3. The second-order valence-electron chi connectivity index (χ2n) is 3.91. The molecule has 2 aromatic rings. The average Bonchev–Trinajstić information content (AvgIpc) is 2.36. The first kappa shape index (κ1) is 13.2. The van der Waals surface area contributed by atoms with Crippen molar-refractivity contribution in [2.45, 2.75) is 12.8 Å². The highest BCUT2D eigenvalue weighted by Gasteiger charge is 2.06. The Bertz CT molecular complexity index is 570. The van der Waals surface area contributed by atoms with Gasteiger partial charge in [-0.15, -0.1) is 11.6 Å². The molecule has 0 radical (unpaired) electrons. The van der Waals surface area contributed by atoms with E-state index in [-0.39, 0.29) is 5.02 Å². The highest BCUT2D eigenvalue weighted by atomic mass is 35.5. The smallest absolute Gasteiger partial charge is 0.142 e. The molecule has 0 amide bonds. The lowest BCUT2D eigenvalue weighted by atomic mass is 10.1. The monoisotopic (exact) mass is 284 g/mol. The summed E-state index contributed by atoms with van der Waals surface area (Å²) in [7, 11) is 0. The van der Waals surface area contributed by atoms with Gasteiger partial charge in [-0.2, -0.15) is 0 Å². The number of hydrogen-bond acceptors (Lipinski definition) is 1. The molecule has 0 aromatic heterocycles. The normalized spacial score (nSPS) is 10.4. The molecule has 2 aromatic carbocycles. The van der Waals surface area contributed by atoms with Gasteiger partial charge in [0.2, 0.25) is 0 Å². The minimum absolute atomic E-state index is 0.0404. The third-order valence-electron chi connectivity index (χ3n) is 2.53. The largest absolute Gasteiger partial charge is 0.457 e. The average molecular weight is 285 g/mol. The van der Waals surface area contributed by atoms with Gasteiger partial charge in [0.15, 0.2) is 0 Å². The van der Waals surface area contributed by atoms with Crippen LogP contribution in [0.3, 0.4) is 0 Å². The van der Waals surface area contributed by atoms with Gasteiger partial charge in [0, 0.05) is 11.9 Å². The van der Waals surface area contributed by atoms with E-state index in [1.54, 1.807) is 0 Å². The minimum Gasteiger partial charge on any atom is -0.457 e. The number of rotatable bonds is 3. The summed E-state index contributed by atoms with van der Waals surface area (Å²) in [4.78, 5) is 0. The first-order chi connectivity index (χ1) is 8.60. The summed E-state index contributed by atoms with van der Waals surface area (Å²) in [6.45, 7) is 1.93. The van der Waals surface area contributed by atoms with Crippen molar-refractivity contribution in [3.8, 4) is 11.5 Å².